The second-order valence-electron chi connectivity index (χ2n) is 4.37. The van der Waals surface area contributed by atoms with E-state index in [0.29, 0.717) is 13.1 Å². The van der Waals surface area contributed by atoms with Gasteiger partial charge >= 0.3 is 6.09 Å². The van der Waals surface area contributed by atoms with E-state index in [-0.39, 0.29) is 6.09 Å². The van der Waals surface area contributed by atoms with Crippen molar-refractivity contribution in [3.05, 3.63) is 29.3 Å². The van der Waals surface area contributed by atoms with E-state index in [9.17, 15) is 4.79 Å². The minimum absolute atomic E-state index is 0.339. The molecule has 0 saturated carbocycles. The van der Waals surface area contributed by atoms with Crippen molar-refractivity contribution in [3.8, 4) is 0 Å². The average Bonchev–Trinajstić information content (AvgIpc) is 2.36. The molecule has 5 heteroatoms. The zero-order chi connectivity index (χ0) is 13.1. The van der Waals surface area contributed by atoms with Crippen LogP contribution in [-0.2, 0) is 17.7 Å². The summed E-state index contributed by atoms with van der Waals surface area (Å²) >= 11 is 5.67. The third-order valence-corrected chi connectivity index (χ3v) is 3.22. The molecule has 1 aromatic carbocycles. The maximum Gasteiger partial charge on any atom is 0.411 e. The Bertz CT molecular complexity index is 451. The third kappa shape index (κ3) is 2.81. The number of carbonyl (C=O) groups is 1. The van der Waals surface area contributed by atoms with Gasteiger partial charge in [0.05, 0.1) is 0 Å². The van der Waals surface area contributed by atoms with Crippen LogP contribution in [0, 0.1) is 0 Å². The zero-order valence-corrected chi connectivity index (χ0v) is 11.4. The molecule has 3 nitrogen and oxygen atoms in total. The lowest BCUT2D eigenvalue weighted by Crippen LogP contribution is -2.39. The standard InChI is InChI=1S/C13H16BClNO2/c1-9(15)18-13(17)16-7-6-11-10(8-16)4-3-5-12(11)14-2/h3-5,9H,6-8H2,1-2H3. The van der Waals surface area contributed by atoms with E-state index in [2.05, 4.69) is 19.4 Å². The molecule has 2 rings (SSSR count). The number of hydrogen-bond acceptors (Lipinski definition) is 2. The maximum atomic E-state index is 11.8. The van der Waals surface area contributed by atoms with E-state index in [1.54, 1.807) is 11.8 Å². The quantitative estimate of drug-likeness (QED) is 0.605. The molecule has 0 aromatic heterocycles. The molecule has 1 amide bonds. The van der Waals surface area contributed by atoms with E-state index in [0.717, 1.165) is 6.42 Å². The Morgan fingerprint density at radius 2 is 2.33 bits per heavy atom. The fraction of sp³-hybridized carbons (Fsp3) is 0.462. The first-order valence-electron chi connectivity index (χ1n) is 6.11. The number of alkyl halides is 1. The fourth-order valence-electron chi connectivity index (χ4n) is 2.28. The summed E-state index contributed by atoms with van der Waals surface area (Å²) in [5.74, 6) is 0. The Hall–Kier alpha value is -1.16. The SMILES string of the molecule is C[B]c1cccc2c1CCN(C(=O)OC(C)Cl)C2. The lowest BCUT2D eigenvalue weighted by molar-refractivity contribution is 0.0915. The van der Waals surface area contributed by atoms with Crippen molar-refractivity contribution in [2.24, 2.45) is 0 Å². The molecule has 1 radical (unpaired) electrons. The van der Waals surface area contributed by atoms with Crippen molar-refractivity contribution in [1.82, 2.24) is 4.90 Å². The number of hydrogen-bond donors (Lipinski definition) is 0. The predicted octanol–water partition coefficient (Wildman–Crippen LogP) is 2.14. The van der Waals surface area contributed by atoms with Gasteiger partial charge in [-0.05, 0) is 24.5 Å². The summed E-state index contributed by atoms with van der Waals surface area (Å²) in [4.78, 5) is 13.5. The summed E-state index contributed by atoms with van der Waals surface area (Å²) in [6.45, 7) is 4.95. The van der Waals surface area contributed by atoms with E-state index in [1.807, 2.05) is 12.9 Å². The number of halogens is 1. The Labute approximate surface area is 113 Å². The maximum absolute atomic E-state index is 11.8. The topological polar surface area (TPSA) is 29.5 Å². The van der Waals surface area contributed by atoms with Crippen molar-refractivity contribution >= 4 is 30.4 Å². The van der Waals surface area contributed by atoms with Crippen LogP contribution in [0.1, 0.15) is 18.1 Å². The molecule has 18 heavy (non-hydrogen) atoms. The molecule has 1 atom stereocenters. The molecule has 0 fully saturated rings. The summed E-state index contributed by atoms with van der Waals surface area (Å²) in [7, 11) is 2.10. The van der Waals surface area contributed by atoms with Crippen LogP contribution in [-0.4, -0.2) is 30.4 Å². The van der Waals surface area contributed by atoms with Gasteiger partial charge in [0, 0.05) is 13.1 Å². The molecule has 0 aliphatic carbocycles. The van der Waals surface area contributed by atoms with E-state index in [1.165, 1.54) is 16.6 Å². The van der Waals surface area contributed by atoms with Crippen LogP contribution in [0.15, 0.2) is 18.2 Å². The molecular formula is C13H16BClNO2. The monoisotopic (exact) mass is 264 g/mol. The molecule has 0 bridgehead atoms. The number of fused-ring (bicyclic) bond motifs is 1. The number of benzene rings is 1. The van der Waals surface area contributed by atoms with E-state index >= 15 is 0 Å². The molecule has 0 spiro atoms. The number of rotatable bonds is 2. The van der Waals surface area contributed by atoms with E-state index < -0.39 is 5.56 Å². The van der Waals surface area contributed by atoms with Gasteiger partial charge in [0.25, 0.3) is 0 Å². The molecule has 1 aliphatic heterocycles. The Morgan fingerprint density at radius 3 is 3.00 bits per heavy atom. The second kappa shape index (κ2) is 5.66. The molecule has 1 aromatic rings. The highest BCUT2D eigenvalue weighted by atomic mass is 35.5. The van der Waals surface area contributed by atoms with Crippen LogP contribution < -0.4 is 5.46 Å². The minimum atomic E-state index is -0.589. The van der Waals surface area contributed by atoms with Crippen molar-refractivity contribution in [2.45, 2.75) is 32.3 Å². The first kappa shape index (κ1) is 13.3. The van der Waals surface area contributed by atoms with Crippen LogP contribution in [0.5, 0.6) is 0 Å². The zero-order valence-electron chi connectivity index (χ0n) is 10.6. The number of ether oxygens (including phenoxy) is 1. The largest absolute Gasteiger partial charge is 0.430 e. The molecule has 1 aliphatic rings. The number of nitrogens with zero attached hydrogens (tertiary/aromatic N) is 1. The van der Waals surface area contributed by atoms with Crippen LogP contribution in [0.3, 0.4) is 0 Å². The highest BCUT2D eigenvalue weighted by Crippen LogP contribution is 2.18. The first-order valence-corrected chi connectivity index (χ1v) is 6.55. The second-order valence-corrected chi connectivity index (χ2v) is 4.99. The van der Waals surface area contributed by atoms with Crippen molar-refractivity contribution in [1.29, 1.82) is 0 Å². The van der Waals surface area contributed by atoms with Crippen LogP contribution in [0.2, 0.25) is 6.82 Å². The van der Waals surface area contributed by atoms with Gasteiger partial charge in [-0.15, -0.1) is 0 Å². The van der Waals surface area contributed by atoms with Gasteiger partial charge in [0.1, 0.15) is 7.28 Å². The van der Waals surface area contributed by atoms with Crippen LogP contribution in [0.4, 0.5) is 4.79 Å². The van der Waals surface area contributed by atoms with Gasteiger partial charge in [-0.2, -0.15) is 0 Å². The highest BCUT2D eigenvalue weighted by Gasteiger charge is 2.23. The Kier molecular flexibility index (Phi) is 4.17. The summed E-state index contributed by atoms with van der Waals surface area (Å²) in [6.07, 6.45) is 0.524. The van der Waals surface area contributed by atoms with Gasteiger partial charge in [0.2, 0.25) is 0 Å². The summed E-state index contributed by atoms with van der Waals surface area (Å²) in [5, 5.41) is 0. The molecular weight excluding hydrogens is 248 g/mol. The molecule has 0 N–H and O–H groups in total. The number of amides is 1. The molecule has 1 unspecified atom stereocenters. The summed E-state index contributed by atoms with van der Waals surface area (Å²) < 4.78 is 5.01. The van der Waals surface area contributed by atoms with Gasteiger partial charge < -0.3 is 9.64 Å². The molecule has 0 saturated heterocycles. The van der Waals surface area contributed by atoms with Gasteiger partial charge in [-0.1, -0.05) is 42.1 Å². The van der Waals surface area contributed by atoms with Gasteiger partial charge in [-0.25, -0.2) is 4.79 Å². The highest BCUT2D eigenvalue weighted by molar-refractivity contribution is 6.52. The average molecular weight is 265 g/mol. The van der Waals surface area contributed by atoms with Crippen LogP contribution in [0.25, 0.3) is 0 Å². The minimum Gasteiger partial charge on any atom is -0.430 e. The van der Waals surface area contributed by atoms with Crippen molar-refractivity contribution in [3.63, 3.8) is 0 Å². The lowest BCUT2D eigenvalue weighted by atomic mass is 9.69. The smallest absolute Gasteiger partial charge is 0.411 e. The van der Waals surface area contributed by atoms with Gasteiger partial charge in [0.15, 0.2) is 5.56 Å². The normalized spacial score (nSPS) is 15.8. The summed E-state index contributed by atoms with van der Waals surface area (Å²) in [6, 6.07) is 6.19. The third-order valence-electron chi connectivity index (χ3n) is 3.13. The Balaban J connectivity index is 2.13. The lowest BCUT2D eigenvalue weighted by Gasteiger charge is -2.29. The molecule has 1 heterocycles. The predicted molar refractivity (Wildman–Crippen MR) is 73.6 cm³/mol. The van der Waals surface area contributed by atoms with E-state index in [4.69, 9.17) is 16.3 Å². The fourth-order valence-corrected chi connectivity index (χ4v) is 2.35. The Morgan fingerprint density at radius 1 is 1.56 bits per heavy atom. The van der Waals surface area contributed by atoms with Crippen molar-refractivity contribution in [2.75, 3.05) is 6.54 Å². The van der Waals surface area contributed by atoms with Gasteiger partial charge in [-0.3, -0.25) is 0 Å². The molecule has 95 valence electrons. The first-order chi connectivity index (χ1) is 8.61. The van der Waals surface area contributed by atoms with Crippen LogP contribution >= 0.6 is 11.6 Å². The number of carbonyl (C=O) groups excluding carboxylic acids is 1. The summed E-state index contributed by atoms with van der Waals surface area (Å²) in [5.41, 5.74) is 3.19. The van der Waals surface area contributed by atoms with Crippen molar-refractivity contribution < 1.29 is 9.53 Å².